The quantitative estimate of drug-likeness (QED) is 0.421. The SMILES string of the molecule is C=C1C(=O)O[C@H]2/C=C(C)\C=C/[C@H]3O[C@]3(C)C[C@@H](OC(C)=O)[C@@H]12. The summed E-state index contributed by atoms with van der Waals surface area (Å²) in [6.45, 7) is 9.12. The summed E-state index contributed by atoms with van der Waals surface area (Å²) in [6, 6.07) is 0. The van der Waals surface area contributed by atoms with Crippen LogP contribution in [0.2, 0.25) is 0 Å². The highest BCUT2D eigenvalue weighted by Gasteiger charge is 2.55. The monoisotopic (exact) mass is 304 g/mol. The summed E-state index contributed by atoms with van der Waals surface area (Å²) in [5.74, 6) is -1.19. The van der Waals surface area contributed by atoms with Gasteiger partial charge in [-0.05, 0) is 19.9 Å². The Morgan fingerprint density at radius 3 is 2.91 bits per heavy atom. The zero-order valence-electron chi connectivity index (χ0n) is 13.0. The minimum absolute atomic E-state index is 0.00301. The first-order chi connectivity index (χ1) is 10.3. The summed E-state index contributed by atoms with van der Waals surface area (Å²) in [4.78, 5) is 23.4. The van der Waals surface area contributed by atoms with Crippen LogP contribution in [-0.2, 0) is 23.8 Å². The maximum absolute atomic E-state index is 11.9. The van der Waals surface area contributed by atoms with E-state index in [0.717, 1.165) is 5.57 Å². The Hall–Kier alpha value is -1.88. The van der Waals surface area contributed by atoms with Crippen LogP contribution >= 0.6 is 0 Å². The van der Waals surface area contributed by atoms with Crippen LogP contribution in [0.1, 0.15) is 27.2 Å². The molecule has 2 fully saturated rings. The van der Waals surface area contributed by atoms with E-state index in [1.165, 1.54) is 6.92 Å². The van der Waals surface area contributed by atoms with E-state index in [0.29, 0.717) is 12.0 Å². The maximum Gasteiger partial charge on any atom is 0.334 e. The lowest BCUT2D eigenvalue weighted by Crippen LogP contribution is -2.36. The van der Waals surface area contributed by atoms with Gasteiger partial charge in [-0.3, -0.25) is 4.79 Å². The van der Waals surface area contributed by atoms with Gasteiger partial charge in [-0.2, -0.15) is 0 Å². The summed E-state index contributed by atoms with van der Waals surface area (Å²) >= 11 is 0. The molecule has 5 atom stereocenters. The lowest BCUT2D eigenvalue weighted by molar-refractivity contribution is -0.150. The van der Waals surface area contributed by atoms with Crippen LogP contribution in [0.4, 0.5) is 0 Å². The highest BCUT2D eigenvalue weighted by Crippen LogP contribution is 2.46. The van der Waals surface area contributed by atoms with Crippen LogP contribution in [0.15, 0.2) is 36.0 Å². The Labute approximate surface area is 129 Å². The number of allylic oxidation sites excluding steroid dienone is 2. The predicted molar refractivity (Wildman–Crippen MR) is 78.9 cm³/mol. The number of hydrogen-bond donors (Lipinski definition) is 0. The van der Waals surface area contributed by atoms with E-state index >= 15 is 0 Å². The van der Waals surface area contributed by atoms with Gasteiger partial charge in [0.15, 0.2) is 0 Å². The molecule has 0 aromatic heterocycles. The van der Waals surface area contributed by atoms with Crippen LogP contribution in [-0.4, -0.2) is 35.9 Å². The van der Waals surface area contributed by atoms with Gasteiger partial charge in [0.1, 0.15) is 18.3 Å². The normalized spacial score (nSPS) is 44.0. The van der Waals surface area contributed by atoms with Crippen molar-refractivity contribution >= 4 is 11.9 Å². The average molecular weight is 304 g/mol. The number of fused-ring (bicyclic) bond motifs is 2. The maximum atomic E-state index is 11.9. The van der Waals surface area contributed by atoms with Gasteiger partial charge >= 0.3 is 11.9 Å². The number of epoxide rings is 1. The molecule has 0 N–H and O–H groups in total. The molecule has 22 heavy (non-hydrogen) atoms. The summed E-state index contributed by atoms with van der Waals surface area (Å²) in [5, 5.41) is 0. The molecule has 0 amide bonds. The van der Waals surface area contributed by atoms with E-state index in [-0.39, 0.29) is 23.6 Å². The zero-order chi connectivity index (χ0) is 16.1. The third kappa shape index (κ3) is 2.61. The fraction of sp³-hybridized carbons (Fsp3) is 0.529. The number of carbonyl (C=O) groups excluding carboxylic acids is 2. The predicted octanol–water partition coefficient (Wildman–Crippen LogP) is 2.08. The van der Waals surface area contributed by atoms with Crippen LogP contribution < -0.4 is 0 Å². The van der Waals surface area contributed by atoms with Crippen molar-refractivity contribution in [2.45, 2.75) is 51.1 Å². The van der Waals surface area contributed by atoms with Crippen molar-refractivity contribution in [1.29, 1.82) is 0 Å². The second-order valence-electron chi connectivity index (χ2n) is 6.39. The van der Waals surface area contributed by atoms with Gasteiger partial charge < -0.3 is 14.2 Å². The van der Waals surface area contributed by atoms with E-state index in [2.05, 4.69) is 6.58 Å². The fourth-order valence-electron chi connectivity index (χ4n) is 3.25. The summed E-state index contributed by atoms with van der Waals surface area (Å²) < 4.78 is 16.6. The van der Waals surface area contributed by atoms with Crippen molar-refractivity contribution in [3.05, 3.63) is 36.0 Å². The topological polar surface area (TPSA) is 65.1 Å². The van der Waals surface area contributed by atoms with E-state index in [4.69, 9.17) is 14.2 Å². The highest BCUT2D eigenvalue weighted by molar-refractivity contribution is 5.91. The highest BCUT2D eigenvalue weighted by atomic mass is 16.6. The molecule has 2 saturated heterocycles. The van der Waals surface area contributed by atoms with Crippen LogP contribution in [0.3, 0.4) is 0 Å². The minimum Gasteiger partial charge on any atom is -0.462 e. The third-order valence-corrected chi connectivity index (χ3v) is 4.49. The zero-order valence-corrected chi connectivity index (χ0v) is 13.0. The van der Waals surface area contributed by atoms with Gasteiger partial charge in [0.05, 0.1) is 11.5 Å². The Kier molecular flexibility index (Phi) is 3.48. The molecule has 0 bridgehead atoms. The third-order valence-electron chi connectivity index (χ3n) is 4.49. The molecule has 118 valence electrons. The Bertz CT molecular complexity index is 602. The lowest BCUT2D eigenvalue weighted by atomic mass is 9.83. The number of ether oxygens (including phenoxy) is 3. The largest absolute Gasteiger partial charge is 0.462 e. The first-order valence-corrected chi connectivity index (χ1v) is 7.41. The molecule has 1 aliphatic carbocycles. The van der Waals surface area contributed by atoms with Crippen molar-refractivity contribution in [2.75, 3.05) is 0 Å². The van der Waals surface area contributed by atoms with E-state index in [1.807, 2.05) is 32.1 Å². The fourth-order valence-corrected chi connectivity index (χ4v) is 3.25. The number of carbonyl (C=O) groups is 2. The molecule has 0 aromatic carbocycles. The molecule has 0 radical (unpaired) electrons. The molecule has 5 heteroatoms. The van der Waals surface area contributed by atoms with E-state index in [1.54, 1.807) is 0 Å². The van der Waals surface area contributed by atoms with Crippen molar-refractivity contribution in [3.63, 3.8) is 0 Å². The van der Waals surface area contributed by atoms with Gasteiger partial charge in [0.25, 0.3) is 0 Å². The number of rotatable bonds is 1. The van der Waals surface area contributed by atoms with Crippen molar-refractivity contribution in [2.24, 2.45) is 5.92 Å². The molecule has 3 aliphatic rings. The van der Waals surface area contributed by atoms with Gasteiger partial charge in [0.2, 0.25) is 0 Å². The van der Waals surface area contributed by atoms with E-state index in [9.17, 15) is 9.59 Å². The molecule has 5 nitrogen and oxygen atoms in total. The van der Waals surface area contributed by atoms with Crippen molar-refractivity contribution in [1.82, 2.24) is 0 Å². The standard InChI is InChI=1S/C17H20O5/c1-9-5-6-14-17(4,22-14)8-13(20-11(3)18)15-10(2)16(19)21-12(15)7-9/h5-7,12-15H,2,8H2,1,3-4H3/b6-5-,9-7-/t12-,13+,14+,15-,17+/m0/s1. The molecule has 0 unspecified atom stereocenters. The Morgan fingerprint density at radius 1 is 1.50 bits per heavy atom. The van der Waals surface area contributed by atoms with Crippen molar-refractivity contribution in [3.8, 4) is 0 Å². The molecule has 2 aliphatic heterocycles. The first kappa shape index (κ1) is 15.0. The molecule has 3 rings (SSSR count). The molecule has 0 aromatic rings. The molecule has 0 saturated carbocycles. The minimum atomic E-state index is -0.494. The Balaban J connectivity index is 1.99. The second-order valence-corrected chi connectivity index (χ2v) is 6.39. The van der Waals surface area contributed by atoms with Crippen molar-refractivity contribution < 1.29 is 23.8 Å². The van der Waals surface area contributed by atoms with Gasteiger partial charge in [-0.1, -0.05) is 24.3 Å². The molecular weight excluding hydrogens is 284 g/mol. The van der Waals surface area contributed by atoms with Gasteiger partial charge in [0, 0.05) is 18.9 Å². The van der Waals surface area contributed by atoms with E-state index < -0.39 is 18.2 Å². The van der Waals surface area contributed by atoms with Crippen LogP contribution in [0, 0.1) is 5.92 Å². The smallest absolute Gasteiger partial charge is 0.334 e. The second kappa shape index (κ2) is 5.09. The molecule has 2 heterocycles. The van der Waals surface area contributed by atoms with Crippen LogP contribution in [0.5, 0.6) is 0 Å². The summed E-state index contributed by atoms with van der Waals surface area (Å²) in [6.07, 6.45) is 5.37. The Morgan fingerprint density at radius 2 is 2.23 bits per heavy atom. The first-order valence-electron chi connectivity index (χ1n) is 7.41. The van der Waals surface area contributed by atoms with Gasteiger partial charge in [-0.25, -0.2) is 4.79 Å². The lowest BCUT2D eigenvalue weighted by Gasteiger charge is -2.27. The number of esters is 2. The van der Waals surface area contributed by atoms with Crippen LogP contribution in [0.25, 0.3) is 0 Å². The molecule has 0 spiro atoms. The average Bonchev–Trinajstić information content (AvgIpc) is 2.95. The number of hydrogen-bond acceptors (Lipinski definition) is 5. The molecular formula is C17H20O5. The summed E-state index contributed by atoms with van der Waals surface area (Å²) in [7, 11) is 0. The summed E-state index contributed by atoms with van der Waals surface area (Å²) in [5.41, 5.74) is 0.939. The van der Waals surface area contributed by atoms with Gasteiger partial charge in [-0.15, -0.1) is 0 Å².